The third kappa shape index (κ3) is 5.29. The van der Waals surface area contributed by atoms with Crippen LogP contribution in [-0.2, 0) is 26.9 Å². The van der Waals surface area contributed by atoms with E-state index in [-0.39, 0.29) is 18.7 Å². The highest BCUT2D eigenvalue weighted by Gasteiger charge is 2.42. The van der Waals surface area contributed by atoms with Gasteiger partial charge in [0.1, 0.15) is 18.0 Å². The lowest BCUT2D eigenvalue weighted by Gasteiger charge is -2.31. The van der Waals surface area contributed by atoms with Gasteiger partial charge in [0.25, 0.3) is 0 Å². The lowest BCUT2D eigenvalue weighted by atomic mass is 9.98. The number of ether oxygens (including phenoxy) is 3. The summed E-state index contributed by atoms with van der Waals surface area (Å²) in [6, 6.07) is 5.23. The molecule has 0 radical (unpaired) electrons. The molecule has 0 N–H and O–H groups in total. The van der Waals surface area contributed by atoms with E-state index >= 15 is 0 Å². The highest BCUT2D eigenvalue weighted by atomic mass is 19.4. The van der Waals surface area contributed by atoms with Crippen LogP contribution in [0.1, 0.15) is 47.8 Å². The maximum Gasteiger partial charge on any atom is 0.416 e. The van der Waals surface area contributed by atoms with Crippen LogP contribution in [0, 0.1) is 13.8 Å². The summed E-state index contributed by atoms with van der Waals surface area (Å²) in [4.78, 5) is 21.1. The lowest BCUT2D eigenvalue weighted by molar-refractivity contribution is -0.137. The van der Waals surface area contributed by atoms with Gasteiger partial charge in [-0.2, -0.15) is 13.2 Å². The van der Waals surface area contributed by atoms with Gasteiger partial charge >= 0.3 is 12.3 Å². The highest BCUT2D eigenvalue weighted by Crippen LogP contribution is 2.38. The summed E-state index contributed by atoms with van der Waals surface area (Å²) < 4.78 is 57.2. The molecular weight excluding hydrogens is 475 g/mol. The van der Waals surface area contributed by atoms with E-state index in [2.05, 4.69) is 4.98 Å². The third-order valence-electron chi connectivity index (χ3n) is 6.78. The van der Waals surface area contributed by atoms with Crippen LogP contribution in [0.3, 0.4) is 0 Å². The van der Waals surface area contributed by atoms with E-state index < -0.39 is 30.0 Å². The van der Waals surface area contributed by atoms with Gasteiger partial charge in [-0.15, -0.1) is 0 Å². The zero-order chi connectivity index (χ0) is 26.2. The largest absolute Gasteiger partial charge is 0.439 e. The zero-order valence-corrected chi connectivity index (χ0v) is 21.1. The minimum Gasteiger partial charge on any atom is -0.439 e. The Labute approximate surface area is 209 Å². The van der Waals surface area contributed by atoms with Gasteiger partial charge in [-0.25, -0.2) is 9.78 Å². The van der Waals surface area contributed by atoms with Crippen molar-refractivity contribution in [2.45, 2.75) is 64.7 Å². The Bertz CT molecular complexity index is 1110. The summed E-state index contributed by atoms with van der Waals surface area (Å²) in [5, 5.41) is 0. The molecule has 1 amide bonds. The van der Waals surface area contributed by atoms with Crippen molar-refractivity contribution in [1.82, 2.24) is 9.88 Å². The van der Waals surface area contributed by atoms with Crippen LogP contribution in [0.4, 0.5) is 23.8 Å². The number of hydrogen-bond acceptors (Lipinski definition) is 6. The molecule has 2 aromatic rings. The maximum atomic E-state index is 13.4. The number of anilines is 1. The number of carbonyl (C=O) groups is 1. The number of cyclic esters (lactones) is 1. The van der Waals surface area contributed by atoms with Crippen molar-refractivity contribution >= 4 is 11.9 Å². The van der Waals surface area contributed by atoms with Crippen molar-refractivity contribution in [2.75, 3.05) is 31.8 Å². The van der Waals surface area contributed by atoms with E-state index in [0.717, 1.165) is 23.3 Å². The van der Waals surface area contributed by atoms with Crippen molar-refractivity contribution in [3.05, 3.63) is 58.3 Å². The van der Waals surface area contributed by atoms with Crippen LogP contribution in [-0.4, -0.2) is 61.0 Å². The molecule has 3 heterocycles. The SMILES string of the molecule is CCO[C@H]1COC[C@@H]1N(C)c1ncc(C)cc1CN1C(=O)O[C@H](c2cc(C)cc(C(F)(F)F)c2)[C@@H]1C. The second-order valence-electron chi connectivity index (χ2n) is 9.51. The molecule has 1 aromatic carbocycles. The van der Waals surface area contributed by atoms with Gasteiger partial charge in [-0.3, -0.25) is 4.90 Å². The third-order valence-corrected chi connectivity index (χ3v) is 6.78. The Kier molecular flexibility index (Phi) is 7.47. The lowest BCUT2D eigenvalue weighted by Crippen LogP contribution is -2.43. The molecule has 0 saturated carbocycles. The average Bonchev–Trinajstić information content (AvgIpc) is 3.38. The van der Waals surface area contributed by atoms with Gasteiger partial charge in [0.15, 0.2) is 0 Å². The minimum atomic E-state index is -4.48. The molecule has 2 saturated heterocycles. The number of carbonyl (C=O) groups excluding carboxylic acids is 1. The quantitative estimate of drug-likeness (QED) is 0.523. The molecule has 0 unspecified atom stereocenters. The number of alkyl halides is 3. The smallest absolute Gasteiger partial charge is 0.416 e. The molecule has 1 aromatic heterocycles. The predicted octanol–water partition coefficient (Wildman–Crippen LogP) is 5.04. The molecule has 196 valence electrons. The summed E-state index contributed by atoms with van der Waals surface area (Å²) in [6.45, 7) is 9.01. The number of nitrogens with zero attached hydrogens (tertiary/aromatic N) is 3. The Hall–Kier alpha value is -2.85. The van der Waals surface area contributed by atoms with Gasteiger partial charge in [0.05, 0.1) is 37.4 Å². The standard InChI is InChI=1S/C26H32F3N3O4/c1-6-35-22-14-34-13-21(22)31(5)24-19(8-16(3)11-30-24)12-32-17(4)23(36-25(32)33)18-7-15(2)9-20(10-18)26(27,28)29/h7-11,17,21-23H,6,12-14H2,1-5H3/t17-,21-,22-,23-/m0/s1. The van der Waals surface area contributed by atoms with Gasteiger partial charge in [0.2, 0.25) is 0 Å². The van der Waals surface area contributed by atoms with E-state index in [1.165, 1.54) is 0 Å². The highest BCUT2D eigenvalue weighted by molar-refractivity contribution is 5.71. The molecule has 10 heteroatoms. The molecule has 4 atom stereocenters. The molecule has 2 aliphatic heterocycles. The number of halogens is 3. The van der Waals surface area contributed by atoms with Gasteiger partial charge in [-0.05, 0) is 57.0 Å². The number of benzene rings is 1. The Morgan fingerprint density at radius 1 is 1.17 bits per heavy atom. The first-order valence-corrected chi connectivity index (χ1v) is 12.0. The molecule has 2 fully saturated rings. The number of rotatable bonds is 7. The second-order valence-corrected chi connectivity index (χ2v) is 9.51. The second kappa shape index (κ2) is 10.3. The van der Waals surface area contributed by atoms with E-state index in [1.807, 2.05) is 31.9 Å². The number of hydrogen-bond donors (Lipinski definition) is 0. The molecule has 7 nitrogen and oxygen atoms in total. The summed E-state index contributed by atoms with van der Waals surface area (Å²) in [5.74, 6) is 0.694. The summed E-state index contributed by atoms with van der Waals surface area (Å²) in [7, 11) is 1.92. The van der Waals surface area contributed by atoms with Crippen LogP contribution >= 0.6 is 0 Å². The van der Waals surface area contributed by atoms with Gasteiger partial charge in [0, 0.05) is 25.4 Å². The molecule has 36 heavy (non-hydrogen) atoms. The first-order chi connectivity index (χ1) is 17.0. The molecule has 0 bridgehead atoms. The van der Waals surface area contributed by atoms with Crippen molar-refractivity contribution in [3.63, 3.8) is 0 Å². The van der Waals surface area contributed by atoms with Crippen molar-refractivity contribution < 1.29 is 32.2 Å². The van der Waals surface area contributed by atoms with Crippen LogP contribution in [0.5, 0.6) is 0 Å². The molecule has 4 rings (SSSR count). The first kappa shape index (κ1) is 26.2. The topological polar surface area (TPSA) is 64.1 Å². The molecule has 0 aliphatic carbocycles. The summed E-state index contributed by atoms with van der Waals surface area (Å²) >= 11 is 0. The minimum absolute atomic E-state index is 0.0392. The van der Waals surface area contributed by atoms with Gasteiger partial charge in [-0.1, -0.05) is 11.6 Å². The van der Waals surface area contributed by atoms with Crippen LogP contribution in [0.25, 0.3) is 0 Å². The van der Waals surface area contributed by atoms with Crippen molar-refractivity contribution in [2.24, 2.45) is 0 Å². The Morgan fingerprint density at radius 3 is 2.61 bits per heavy atom. The number of aryl methyl sites for hydroxylation is 2. The van der Waals surface area contributed by atoms with Crippen LogP contribution in [0.2, 0.25) is 0 Å². The van der Waals surface area contributed by atoms with Crippen molar-refractivity contribution in [3.8, 4) is 0 Å². The molecular formula is C26H32F3N3O4. The van der Waals surface area contributed by atoms with E-state index in [1.54, 1.807) is 31.0 Å². The number of likely N-dealkylation sites (N-methyl/N-ethyl adjacent to an activating group) is 1. The summed E-state index contributed by atoms with van der Waals surface area (Å²) in [6.07, 6.45) is -4.21. The fourth-order valence-electron chi connectivity index (χ4n) is 4.96. The zero-order valence-electron chi connectivity index (χ0n) is 21.1. The predicted molar refractivity (Wildman–Crippen MR) is 128 cm³/mol. The normalized spacial score (nSPS) is 24.3. The van der Waals surface area contributed by atoms with Crippen LogP contribution < -0.4 is 4.90 Å². The van der Waals surface area contributed by atoms with Gasteiger partial charge < -0.3 is 19.1 Å². The fourth-order valence-corrected chi connectivity index (χ4v) is 4.96. The Balaban J connectivity index is 1.60. The number of pyridine rings is 1. The molecule has 0 spiro atoms. The van der Waals surface area contributed by atoms with E-state index in [9.17, 15) is 18.0 Å². The van der Waals surface area contributed by atoms with Crippen molar-refractivity contribution in [1.29, 1.82) is 0 Å². The number of aromatic nitrogens is 1. The molecule has 2 aliphatic rings. The van der Waals surface area contributed by atoms with Crippen LogP contribution in [0.15, 0.2) is 30.5 Å². The Morgan fingerprint density at radius 2 is 1.92 bits per heavy atom. The fraction of sp³-hybridized carbons (Fsp3) is 0.538. The monoisotopic (exact) mass is 507 g/mol. The maximum absolute atomic E-state index is 13.4. The first-order valence-electron chi connectivity index (χ1n) is 12.0. The summed E-state index contributed by atoms with van der Waals surface area (Å²) in [5.41, 5.74) is 1.76. The van der Waals surface area contributed by atoms with E-state index in [4.69, 9.17) is 14.2 Å². The number of amides is 1. The average molecular weight is 508 g/mol. The van der Waals surface area contributed by atoms with E-state index in [0.29, 0.717) is 36.8 Å².